The van der Waals surface area contributed by atoms with Gasteiger partial charge >= 0.3 is 5.97 Å². The summed E-state index contributed by atoms with van der Waals surface area (Å²) in [7, 11) is 0. The van der Waals surface area contributed by atoms with Gasteiger partial charge in [-0.2, -0.15) is 0 Å². The lowest BCUT2D eigenvalue weighted by Gasteiger charge is -2.05. The molecule has 0 amide bonds. The molecule has 3 rings (SSSR count). The van der Waals surface area contributed by atoms with Crippen molar-refractivity contribution in [3.05, 3.63) is 59.4 Å². The topological polar surface area (TPSA) is 52.1 Å². The number of aromatic nitrogens is 2. The predicted molar refractivity (Wildman–Crippen MR) is 86.7 cm³/mol. The predicted octanol–water partition coefficient (Wildman–Crippen LogP) is 4.19. The number of carbonyl (C=O) groups excluding carboxylic acids is 1. The van der Waals surface area contributed by atoms with Gasteiger partial charge in [-0.25, -0.2) is 14.2 Å². The highest BCUT2D eigenvalue weighted by Crippen LogP contribution is 2.30. The van der Waals surface area contributed by atoms with Gasteiger partial charge in [-0.05, 0) is 43.3 Å². The monoisotopic (exact) mass is 328 g/mol. The van der Waals surface area contributed by atoms with E-state index in [1.165, 1.54) is 23.5 Å². The number of benzene rings is 1. The summed E-state index contributed by atoms with van der Waals surface area (Å²) in [6.45, 7) is 2.05. The molecule has 0 spiro atoms. The zero-order chi connectivity index (χ0) is 16.2. The molecule has 0 saturated heterocycles. The first-order valence-corrected chi connectivity index (χ1v) is 7.91. The third-order valence-electron chi connectivity index (χ3n) is 3.15. The van der Waals surface area contributed by atoms with Gasteiger partial charge in [0.15, 0.2) is 0 Å². The molecule has 1 aromatic carbocycles. The van der Waals surface area contributed by atoms with Gasteiger partial charge in [0.1, 0.15) is 16.5 Å². The fourth-order valence-electron chi connectivity index (χ4n) is 2.09. The van der Waals surface area contributed by atoms with Crippen molar-refractivity contribution in [3.63, 3.8) is 0 Å². The van der Waals surface area contributed by atoms with Gasteiger partial charge in [0.2, 0.25) is 0 Å². The standard InChI is InChI=1S/C17H13FN2O2S/c1-2-22-17(21)13-4-3-9-19-15(13)16-20-14(10-23-16)11-5-7-12(18)8-6-11/h3-10H,2H2,1H3. The van der Waals surface area contributed by atoms with E-state index in [-0.39, 0.29) is 5.82 Å². The third kappa shape index (κ3) is 3.27. The van der Waals surface area contributed by atoms with Crippen molar-refractivity contribution >= 4 is 17.3 Å². The van der Waals surface area contributed by atoms with E-state index in [2.05, 4.69) is 9.97 Å². The molecule has 0 aliphatic heterocycles. The van der Waals surface area contributed by atoms with Crippen LogP contribution in [-0.2, 0) is 4.74 Å². The maximum atomic E-state index is 13.0. The molecule has 0 fully saturated rings. The van der Waals surface area contributed by atoms with Crippen molar-refractivity contribution in [1.29, 1.82) is 0 Å². The summed E-state index contributed by atoms with van der Waals surface area (Å²) in [5.74, 6) is -0.715. The zero-order valence-corrected chi connectivity index (χ0v) is 13.1. The molecular weight excluding hydrogens is 315 g/mol. The van der Waals surface area contributed by atoms with Gasteiger partial charge in [-0.15, -0.1) is 11.3 Å². The number of halogens is 1. The molecule has 0 radical (unpaired) electrons. The summed E-state index contributed by atoms with van der Waals surface area (Å²) in [5, 5.41) is 2.47. The lowest BCUT2D eigenvalue weighted by molar-refractivity contribution is 0.0527. The number of nitrogens with zero attached hydrogens (tertiary/aromatic N) is 2. The molecule has 116 valence electrons. The van der Waals surface area contributed by atoms with Crippen LogP contribution in [0.15, 0.2) is 48.0 Å². The molecule has 0 aliphatic carbocycles. The second-order valence-electron chi connectivity index (χ2n) is 4.66. The average Bonchev–Trinajstić information content (AvgIpc) is 3.05. The number of carbonyl (C=O) groups is 1. The Balaban J connectivity index is 1.98. The number of hydrogen-bond acceptors (Lipinski definition) is 5. The summed E-state index contributed by atoms with van der Waals surface area (Å²) < 4.78 is 18.1. The van der Waals surface area contributed by atoms with E-state index in [4.69, 9.17) is 4.74 Å². The molecule has 0 saturated carbocycles. The van der Waals surface area contributed by atoms with Crippen LogP contribution < -0.4 is 0 Å². The molecule has 2 aromatic heterocycles. The Morgan fingerprint density at radius 2 is 2.04 bits per heavy atom. The smallest absolute Gasteiger partial charge is 0.340 e. The number of rotatable bonds is 4. The molecule has 23 heavy (non-hydrogen) atoms. The second kappa shape index (κ2) is 6.66. The highest BCUT2D eigenvalue weighted by atomic mass is 32.1. The molecule has 2 heterocycles. The fraction of sp³-hybridized carbons (Fsp3) is 0.118. The van der Waals surface area contributed by atoms with E-state index < -0.39 is 5.97 Å². The van der Waals surface area contributed by atoms with Crippen LogP contribution in [0.3, 0.4) is 0 Å². The van der Waals surface area contributed by atoms with Crippen LogP contribution in [0, 0.1) is 5.82 Å². The highest BCUT2D eigenvalue weighted by Gasteiger charge is 2.17. The van der Waals surface area contributed by atoms with Crippen LogP contribution >= 0.6 is 11.3 Å². The van der Waals surface area contributed by atoms with Crippen molar-refractivity contribution in [3.8, 4) is 22.0 Å². The Hall–Kier alpha value is -2.60. The molecule has 3 aromatic rings. The summed E-state index contributed by atoms with van der Waals surface area (Å²) in [4.78, 5) is 20.8. The van der Waals surface area contributed by atoms with Crippen LogP contribution in [0.5, 0.6) is 0 Å². The zero-order valence-electron chi connectivity index (χ0n) is 12.3. The second-order valence-corrected chi connectivity index (χ2v) is 5.52. The lowest BCUT2D eigenvalue weighted by atomic mass is 10.1. The summed E-state index contributed by atoms with van der Waals surface area (Å²) >= 11 is 1.38. The number of esters is 1. The maximum Gasteiger partial charge on any atom is 0.340 e. The van der Waals surface area contributed by atoms with Gasteiger partial charge in [-0.3, -0.25) is 4.98 Å². The Labute approximate surface area is 136 Å². The summed E-state index contributed by atoms with van der Waals surface area (Å²) in [5.41, 5.74) is 2.40. The maximum absolute atomic E-state index is 13.0. The molecule has 0 aliphatic rings. The Morgan fingerprint density at radius 1 is 1.26 bits per heavy atom. The van der Waals surface area contributed by atoms with E-state index >= 15 is 0 Å². The van der Waals surface area contributed by atoms with Gasteiger partial charge in [0.05, 0.1) is 17.9 Å². The van der Waals surface area contributed by atoms with E-state index in [0.717, 1.165) is 5.56 Å². The number of pyridine rings is 1. The first kappa shape index (κ1) is 15.3. The van der Waals surface area contributed by atoms with Gasteiger partial charge in [0, 0.05) is 17.1 Å². The minimum atomic E-state index is -0.422. The molecule has 0 N–H and O–H groups in total. The van der Waals surface area contributed by atoms with Crippen LogP contribution in [0.1, 0.15) is 17.3 Å². The SMILES string of the molecule is CCOC(=O)c1cccnc1-c1nc(-c2ccc(F)cc2)cs1. The molecular formula is C17H13FN2O2S. The van der Waals surface area contributed by atoms with Crippen LogP contribution in [0.25, 0.3) is 22.0 Å². The van der Waals surface area contributed by atoms with Crippen LogP contribution in [0.2, 0.25) is 0 Å². The summed E-state index contributed by atoms with van der Waals surface area (Å²) in [6.07, 6.45) is 1.61. The van der Waals surface area contributed by atoms with E-state index in [9.17, 15) is 9.18 Å². The van der Waals surface area contributed by atoms with E-state index in [1.54, 1.807) is 37.4 Å². The Morgan fingerprint density at radius 3 is 2.78 bits per heavy atom. The molecule has 0 unspecified atom stereocenters. The van der Waals surface area contributed by atoms with Gasteiger partial charge in [0.25, 0.3) is 0 Å². The summed E-state index contributed by atoms with van der Waals surface area (Å²) in [6, 6.07) is 9.46. The van der Waals surface area contributed by atoms with Crippen molar-refractivity contribution < 1.29 is 13.9 Å². The minimum Gasteiger partial charge on any atom is -0.462 e. The Kier molecular flexibility index (Phi) is 4.43. The quantitative estimate of drug-likeness (QED) is 0.674. The highest BCUT2D eigenvalue weighted by molar-refractivity contribution is 7.13. The molecule has 0 atom stereocenters. The Bertz CT molecular complexity index is 831. The molecule has 4 nitrogen and oxygen atoms in total. The lowest BCUT2D eigenvalue weighted by Crippen LogP contribution is -2.07. The first-order chi connectivity index (χ1) is 11.2. The van der Waals surface area contributed by atoms with E-state index in [0.29, 0.717) is 28.6 Å². The number of thiazole rings is 1. The molecule has 0 bridgehead atoms. The van der Waals surface area contributed by atoms with Gasteiger partial charge in [-0.1, -0.05) is 0 Å². The largest absolute Gasteiger partial charge is 0.462 e. The van der Waals surface area contributed by atoms with Crippen molar-refractivity contribution in [1.82, 2.24) is 9.97 Å². The van der Waals surface area contributed by atoms with Gasteiger partial charge < -0.3 is 4.74 Å². The third-order valence-corrected chi connectivity index (χ3v) is 4.00. The average molecular weight is 328 g/mol. The van der Waals surface area contributed by atoms with Crippen molar-refractivity contribution in [2.75, 3.05) is 6.61 Å². The van der Waals surface area contributed by atoms with Crippen molar-refractivity contribution in [2.45, 2.75) is 6.92 Å². The van der Waals surface area contributed by atoms with Crippen LogP contribution in [-0.4, -0.2) is 22.5 Å². The van der Waals surface area contributed by atoms with Crippen molar-refractivity contribution in [2.24, 2.45) is 0 Å². The van der Waals surface area contributed by atoms with E-state index in [1.807, 2.05) is 5.38 Å². The van der Waals surface area contributed by atoms with Crippen LogP contribution in [0.4, 0.5) is 4.39 Å². The fourth-order valence-corrected chi connectivity index (χ4v) is 2.92. The molecule has 6 heteroatoms. The number of ether oxygens (including phenoxy) is 1. The first-order valence-electron chi connectivity index (χ1n) is 7.03. The minimum absolute atomic E-state index is 0.293. The number of hydrogen-bond donors (Lipinski definition) is 0. The normalized spacial score (nSPS) is 10.5.